The quantitative estimate of drug-likeness (QED) is 0.476. The Morgan fingerprint density at radius 1 is 1.26 bits per heavy atom. The van der Waals surface area contributed by atoms with Crippen molar-refractivity contribution in [2.24, 2.45) is 0 Å². The number of rotatable bonds is 10. The number of nitrogens with zero attached hydrogens (tertiary/aromatic N) is 4. The zero-order valence-electron chi connectivity index (χ0n) is 21.3. The summed E-state index contributed by atoms with van der Waals surface area (Å²) in [4.78, 5) is 34.4. The van der Waals surface area contributed by atoms with Crippen LogP contribution in [0, 0.1) is 0 Å². The Labute approximate surface area is 207 Å². The lowest BCUT2D eigenvalue weighted by Gasteiger charge is -2.37. The van der Waals surface area contributed by atoms with E-state index in [1.807, 2.05) is 24.8 Å². The first kappa shape index (κ1) is 25.4. The third-order valence-corrected chi connectivity index (χ3v) is 6.66. The number of methoxy groups -OCH3 is 1. The van der Waals surface area contributed by atoms with E-state index in [1.165, 1.54) is 0 Å². The van der Waals surface area contributed by atoms with Gasteiger partial charge in [-0.2, -0.15) is 0 Å². The van der Waals surface area contributed by atoms with Crippen molar-refractivity contribution in [1.82, 2.24) is 19.4 Å². The second-order valence-corrected chi connectivity index (χ2v) is 9.74. The molecule has 0 N–H and O–H groups in total. The molecule has 0 radical (unpaired) electrons. The van der Waals surface area contributed by atoms with Gasteiger partial charge in [-0.25, -0.2) is 4.79 Å². The van der Waals surface area contributed by atoms with Gasteiger partial charge in [-0.05, 0) is 58.6 Å². The smallest absolute Gasteiger partial charge is 0.410 e. The molecule has 2 atom stereocenters. The summed E-state index contributed by atoms with van der Waals surface area (Å²) in [6.45, 7) is 8.28. The molecule has 1 saturated carbocycles. The highest BCUT2D eigenvalue weighted by atomic mass is 16.6. The highest BCUT2D eigenvalue weighted by Gasteiger charge is 2.42. The Balaban J connectivity index is 1.53. The van der Waals surface area contributed by atoms with Crippen molar-refractivity contribution in [1.29, 1.82) is 0 Å². The molecule has 4 rings (SSSR count). The molecule has 1 saturated heterocycles. The molecular weight excluding hydrogens is 448 g/mol. The average Bonchev–Trinajstić information content (AvgIpc) is 3.62. The molecule has 1 aliphatic heterocycles. The number of unbranched alkanes of at least 4 members (excludes halogenated alkanes) is 1. The summed E-state index contributed by atoms with van der Waals surface area (Å²) in [5, 5.41) is 0. The third kappa shape index (κ3) is 5.95. The largest absolute Gasteiger partial charge is 0.447 e. The maximum absolute atomic E-state index is 13.8. The number of aromatic nitrogens is 2. The molecule has 0 spiro atoms. The molecule has 2 aromatic heterocycles. The Hall–Kier alpha value is -2.65. The van der Waals surface area contributed by atoms with Gasteiger partial charge in [0.25, 0.3) is 5.91 Å². The monoisotopic (exact) mass is 486 g/mol. The number of ether oxygens (including phenoxy) is 3. The second kappa shape index (κ2) is 11.4. The zero-order valence-corrected chi connectivity index (χ0v) is 21.3. The highest BCUT2D eigenvalue weighted by molar-refractivity contribution is 5.85. The molecule has 1 aliphatic carbocycles. The van der Waals surface area contributed by atoms with E-state index in [2.05, 4.69) is 28.7 Å². The van der Waals surface area contributed by atoms with Crippen LogP contribution in [0.4, 0.5) is 4.79 Å². The molecule has 2 aliphatic rings. The van der Waals surface area contributed by atoms with Gasteiger partial charge < -0.3 is 28.6 Å². The topological polar surface area (TPSA) is 86.1 Å². The Morgan fingerprint density at radius 2 is 2.06 bits per heavy atom. The number of aryl methyl sites for hydroxylation is 1. The molecule has 0 aromatic carbocycles. The molecule has 9 nitrogen and oxygen atoms in total. The number of carbonyl (C=O) groups excluding carboxylic acids is 2. The van der Waals surface area contributed by atoms with E-state index in [1.54, 1.807) is 18.2 Å². The number of amides is 2. The van der Waals surface area contributed by atoms with Crippen LogP contribution in [0.3, 0.4) is 0 Å². The van der Waals surface area contributed by atoms with E-state index in [-0.39, 0.29) is 30.6 Å². The predicted octanol–water partition coefficient (Wildman–Crippen LogP) is 3.76. The van der Waals surface area contributed by atoms with Crippen molar-refractivity contribution >= 4 is 23.0 Å². The highest BCUT2D eigenvalue weighted by Crippen LogP contribution is 2.38. The number of carbonyl (C=O) groups is 2. The minimum atomic E-state index is -0.693. The van der Waals surface area contributed by atoms with Gasteiger partial charge in [-0.15, -0.1) is 0 Å². The summed E-state index contributed by atoms with van der Waals surface area (Å²) in [6, 6.07) is 4.06. The number of fused-ring (bicyclic) bond motifs is 1. The van der Waals surface area contributed by atoms with E-state index in [0.29, 0.717) is 13.2 Å². The van der Waals surface area contributed by atoms with Crippen molar-refractivity contribution in [2.45, 2.75) is 77.3 Å². The van der Waals surface area contributed by atoms with Crippen LogP contribution in [0.1, 0.15) is 58.1 Å². The van der Waals surface area contributed by atoms with E-state index < -0.39 is 12.2 Å². The fourth-order valence-electron chi connectivity index (χ4n) is 4.77. The van der Waals surface area contributed by atoms with Gasteiger partial charge >= 0.3 is 6.09 Å². The molecule has 35 heavy (non-hydrogen) atoms. The molecule has 0 bridgehead atoms. The van der Waals surface area contributed by atoms with E-state index in [9.17, 15) is 9.59 Å². The molecule has 2 fully saturated rings. The molecular formula is C26H38N4O5. The first-order valence-electron chi connectivity index (χ1n) is 12.7. The standard InChI is InChI=1S/C26H38N4O5/c1-18(2)35-26(32)29-13-15-34-23(17-29)25(31)30(20-9-10-20)19(3)21-16-28(12-5-6-14-33-4)22-8-7-11-27-24(21)22/h7-8,11,16,18-20,23H,5-6,9-10,12-15,17H2,1-4H3/t19?,23-/m1/s1. The second-order valence-electron chi connectivity index (χ2n) is 9.74. The molecule has 2 aromatic rings. The van der Waals surface area contributed by atoms with Crippen LogP contribution in [0.2, 0.25) is 0 Å². The molecule has 192 valence electrons. The van der Waals surface area contributed by atoms with Crippen LogP contribution in [0.5, 0.6) is 0 Å². The lowest BCUT2D eigenvalue weighted by Crippen LogP contribution is -2.53. The van der Waals surface area contributed by atoms with Crippen LogP contribution < -0.4 is 0 Å². The van der Waals surface area contributed by atoms with Crippen LogP contribution in [0.25, 0.3) is 11.0 Å². The van der Waals surface area contributed by atoms with Crippen LogP contribution in [0.15, 0.2) is 24.5 Å². The van der Waals surface area contributed by atoms with Gasteiger partial charge in [0.05, 0.1) is 36.3 Å². The third-order valence-electron chi connectivity index (χ3n) is 6.66. The van der Waals surface area contributed by atoms with E-state index in [0.717, 1.165) is 55.4 Å². The van der Waals surface area contributed by atoms with E-state index >= 15 is 0 Å². The minimum absolute atomic E-state index is 0.0704. The van der Waals surface area contributed by atoms with Crippen LogP contribution in [-0.2, 0) is 25.5 Å². The maximum Gasteiger partial charge on any atom is 0.410 e. The van der Waals surface area contributed by atoms with Gasteiger partial charge in [0, 0.05) is 50.8 Å². The Morgan fingerprint density at radius 3 is 2.77 bits per heavy atom. The number of pyridine rings is 1. The van der Waals surface area contributed by atoms with Crippen LogP contribution >= 0.6 is 0 Å². The first-order valence-corrected chi connectivity index (χ1v) is 12.7. The average molecular weight is 487 g/mol. The fourth-order valence-corrected chi connectivity index (χ4v) is 4.77. The normalized spacial score (nSPS) is 19.2. The molecule has 1 unspecified atom stereocenters. The molecule has 3 heterocycles. The maximum atomic E-state index is 13.8. The summed E-state index contributed by atoms with van der Waals surface area (Å²) in [5.41, 5.74) is 3.04. The van der Waals surface area contributed by atoms with Gasteiger partial charge in [0.1, 0.15) is 0 Å². The van der Waals surface area contributed by atoms with Crippen molar-refractivity contribution in [3.63, 3.8) is 0 Å². The zero-order chi connectivity index (χ0) is 24.9. The SMILES string of the molecule is COCCCCn1cc(C(C)N(C(=O)[C@H]2CN(C(=O)OC(C)C)CCO2)C2CC2)c2ncccc21. The van der Waals surface area contributed by atoms with Gasteiger partial charge in [-0.1, -0.05) is 0 Å². The Bertz CT molecular complexity index is 1020. The van der Waals surface area contributed by atoms with Gasteiger partial charge in [0.2, 0.25) is 0 Å². The minimum Gasteiger partial charge on any atom is -0.447 e. The fraction of sp³-hybridized carbons (Fsp3) is 0.654. The number of hydrogen-bond acceptors (Lipinski definition) is 6. The summed E-state index contributed by atoms with van der Waals surface area (Å²) in [7, 11) is 1.72. The summed E-state index contributed by atoms with van der Waals surface area (Å²) in [6.07, 6.45) is 6.60. The molecule has 2 amide bonds. The Kier molecular flexibility index (Phi) is 8.28. The van der Waals surface area contributed by atoms with Gasteiger partial charge in [0.15, 0.2) is 6.10 Å². The predicted molar refractivity (Wildman–Crippen MR) is 132 cm³/mol. The van der Waals surface area contributed by atoms with Gasteiger partial charge in [-0.3, -0.25) is 9.78 Å². The summed E-state index contributed by atoms with van der Waals surface area (Å²) >= 11 is 0. The van der Waals surface area contributed by atoms with Crippen LogP contribution in [-0.4, -0.2) is 83.0 Å². The summed E-state index contributed by atoms with van der Waals surface area (Å²) in [5.74, 6) is -0.0704. The van der Waals surface area contributed by atoms with E-state index in [4.69, 9.17) is 14.2 Å². The lowest BCUT2D eigenvalue weighted by atomic mass is 10.1. The number of morpholine rings is 1. The van der Waals surface area contributed by atoms with Crippen molar-refractivity contribution in [3.8, 4) is 0 Å². The first-order chi connectivity index (χ1) is 16.9. The number of hydrogen-bond donors (Lipinski definition) is 0. The van der Waals surface area contributed by atoms with Crippen molar-refractivity contribution in [3.05, 3.63) is 30.1 Å². The summed E-state index contributed by atoms with van der Waals surface area (Å²) < 4.78 is 18.6. The van der Waals surface area contributed by atoms with Crippen molar-refractivity contribution < 1.29 is 23.8 Å². The molecule has 9 heteroatoms. The van der Waals surface area contributed by atoms with Crippen molar-refractivity contribution in [2.75, 3.05) is 33.4 Å². The lowest BCUT2D eigenvalue weighted by molar-refractivity contribution is -0.151.